The highest BCUT2D eigenvalue weighted by Gasteiger charge is 2.20. The van der Waals surface area contributed by atoms with E-state index in [-0.39, 0.29) is 10.7 Å². The average Bonchev–Trinajstić information content (AvgIpc) is 2.77. The van der Waals surface area contributed by atoms with Gasteiger partial charge in [-0.15, -0.1) is 0 Å². The first-order valence-electron chi connectivity index (χ1n) is 7.88. The molecule has 1 atom stereocenters. The molecule has 0 saturated heterocycles. The predicted molar refractivity (Wildman–Crippen MR) is 101 cm³/mol. The Hall–Kier alpha value is -2.28. The predicted octanol–water partition coefficient (Wildman–Crippen LogP) is 5.01. The molecular weight excluding hydrogens is 369 g/mol. The maximum absolute atomic E-state index is 13.8. The van der Waals surface area contributed by atoms with E-state index in [9.17, 15) is 13.2 Å². The fourth-order valence-electron chi connectivity index (χ4n) is 2.86. The molecule has 0 fully saturated rings. The Morgan fingerprint density at radius 2 is 1.88 bits per heavy atom. The number of aliphatic imine (C=N–C) groups is 1. The summed E-state index contributed by atoms with van der Waals surface area (Å²) >= 11 is -0.950. The van der Waals surface area contributed by atoms with Gasteiger partial charge in [0.1, 0.15) is 5.82 Å². The third-order valence-corrected chi connectivity index (χ3v) is 5.83. The molecule has 6 heteroatoms. The maximum Gasteiger partial charge on any atom is 0.124 e. The van der Waals surface area contributed by atoms with E-state index in [1.165, 1.54) is 30.0 Å². The van der Waals surface area contributed by atoms with Crippen LogP contribution < -0.4 is 0 Å². The molecular formula is C20H13FNO2S2-. The van der Waals surface area contributed by atoms with E-state index in [2.05, 4.69) is 0 Å². The Bertz CT molecular complexity index is 1080. The van der Waals surface area contributed by atoms with Gasteiger partial charge in [-0.05, 0) is 60.5 Å². The smallest absolute Gasteiger partial charge is 0.124 e. The number of halogens is 1. The zero-order valence-electron chi connectivity index (χ0n) is 13.7. The van der Waals surface area contributed by atoms with E-state index in [1.54, 1.807) is 18.2 Å². The summed E-state index contributed by atoms with van der Waals surface area (Å²) < 4.78 is 36.5. The van der Waals surface area contributed by atoms with Gasteiger partial charge in [0.25, 0.3) is 0 Å². The second-order valence-electron chi connectivity index (χ2n) is 5.94. The molecule has 130 valence electrons. The summed E-state index contributed by atoms with van der Waals surface area (Å²) in [6, 6.07) is 17.3. The van der Waals surface area contributed by atoms with E-state index < -0.39 is 11.1 Å². The molecule has 3 aromatic rings. The molecule has 0 aliphatic carbocycles. The third kappa shape index (κ3) is 3.23. The van der Waals surface area contributed by atoms with Crippen LogP contribution >= 0.6 is 11.8 Å². The summed E-state index contributed by atoms with van der Waals surface area (Å²) in [6.07, 6.45) is 0. The molecule has 3 aromatic carbocycles. The van der Waals surface area contributed by atoms with Gasteiger partial charge in [-0.2, -0.15) is 0 Å². The second-order valence-corrected chi connectivity index (χ2v) is 7.96. The highest BCUT2D eigenvalue weighted by atomic mass is 32.2. The monoisotopic (exact) mass is 382 g/mol. The third-order valence-electron chi connectivity index (χ3n) is 4.07. The number of benzene rings is 3. The number of nitrogens with zero attached hydrogens (tertiary/aromatic N) is 1. The fourth-order valence-corrected chi connectivity index (χ4v) is 4.28. The molecule has 3 nitrogen and oxygen atoms in total. The number of rotatable bonds is 2. The largest absolute Gasteiger partial charge is 0.768 e. The summed E-state index contributed by atoms with van der Waals surface area (Å²) in [5.41, 5.74) is 4.07. The van der Waals surface area contributed by atoms with E-state index in [4.69, 9.17) is 4.99 Å². The lowest BCUT2D eigenvalue weighted by molar-refractivity contribution is 0.537. The fraction of sp³-hybridized carbons (Fsp3) is 0.0500. The average molecular weight is 382 g/mol. The van der Waals surface area contributed by atoms with Crippen LogP contribution in [0, 0.1) is 12.7 Å². The summed E-state index contributed by atoms with van der Waals surface area (Å²) in [7, 11) is 0. The molecule has 0 amide bonds. The van der Waals surface area contributed by atoms with Crippen molar-refractivity contribution in [2.45, 2.75) is 21.6 Å². The van der Waals surface area contributed by atoms with Crippen LogP contribution in [0.2, 0.25) is 0 Å². The number of fused-ring (bicyclic) bond motifs is 2. The highest BCUT2D eigenvalue weighted by molar-refractivity contribution is 7.99. The SMILES string of the molecule is Cc1cccc(C2=Nc3cc(S(=O)[O-])ccc3Sc3cc(F)ccc32)c1. The van der Waals surface area contributed by atoms with Gasteiger partial charge < -0.3 is 4.55 Å². The van der Waals surface area contributed by atoms with Crippen molar-refractivity contribution in [1.82, 2.24) is 0 Å². The Balaban J connectivity index is 1.99. The van der Waals surface area contributed by atoms with Crippen LogP contribution in [0.1, 0.15) is 16.7 Å². The molecule has 0 radical (unpaired) electrons. The van der Waals surface area contributed by atoms with Crippen molar-refractivity contribution in [3.8, 4) is 0 Å². The number of hydrogen-bond donors (Lipinski definition) is 0. The molecule has 4 rings (SSSR count). The van der Waals surface area contributed by atoms with Crippen LogP contribution in [0.3, 0.4) is 0 Å². The Labute approximate surface area is 157 Å². The van der Waals surface area contributed by atoms with Crippen LogP contribution in [-0.2, 0) is 11.1 Å². The van der Waals surface area contributed by atoms with Crippen LogP contribution in [0.4, 0.5) is 10.1 Å². The van der Waals surface area contributed by atoms with E-state index in [0.717, 1.165) is 26.5 Å². The Kier molecular flexibility index (Phi) is 4.48. The quantitative estimate of drug-likeness (QED) is 0.458. The molecule has 0 bridgehead atoms. The van der Waals surface area contributed by atoms with Gasteiger partial charge in [-0.25, -0.2) is 9.38 Å². The van der Waals surface area contributed by atoms with Gasteiger partial charge in [0.2, 0.25) is 0 Å². The summed E-state index contributed by atoms with van der Waals surface area (Å²) in [6.45, 7) is 1.99. The highest BCUT2D eigenvalue weighted by Crippen LogP contribution is 2.42. The van der Waals surface area contributed by atoms with Gasteiger partial charge in [0.05, 0.1) is 11.4 Å². The van der Waals surface area contributed by atoms with Crippen LogP contribution in [0.25, 0.3) is 0 Å². The van der Waals surface area contributed by atoms with Gasteiger partial charge in [0, 0.05) is 25.8 Å². The zero-order chi connectivity index (χ0) is 18.3. The zero-order valence-corrected chi connectivity index (χ0v) is 15.4. The molecule has 0 spiro atoms. The normalized spacial score (nSPS) is 14.0. The van der Waals surface area contributed by atoms with E-state index in [0.29, 0.717) is 11.4 Å². The summed E-state index contributed by atoms with van der Waals surface area (Å²) in [5.74, 6) is -0.319. The van der Waals surface area contributed by atoms with Gasteiger partial charge in [-0.3, -0.25) is 4.21 Å². The van der Waals surface area contributed by atoms with Crippen molar-refractivity contribution >= 4 is 34.2 Å². The minimum Gasteiger partial charge on any atom is -0.768 e. The summed E-state index contributed by atoms with van der Waals surface area (Å²) in [4.78, 5) is 6.48. The lowest BCUT2D eigenvalue weighted by atomic mass is 10.0. The van der Waals surface area contributed by atoms with Crippen molar-refractivity contribution in [2.24, 2.45) is 4.99 Å². The first-order valence-corrected chi connectivity index (χ1v) is 9.77. The molecule has 0 saturated carbocycles. The first kappa shape index (κ1) is 17.1. The maximum atomic E-state index is 13.8. The van der Waals surface area contributed by atoms with Crippen LogP contribution in [0.15, 0.2) is 80.3 Å². The van der Waals surface area contributed by atoms with Crippen molar-refractivity contribution < 1.29 is 13.2 Å². The topological polar surface area (TPSA) is 52.5 Å². The first-order chi connectivity index (χ1) is 12.5. The van der Waals surface area contributed by atoms with Gasteiger partial charge in [0.15, 0.2) is 0 Å². The standard InChI is InChI=1S/C20H14FNO2S2/c1-12-3-2-4-13(9-12)20-16-7-5-14(21)10-19(16)25-18-8-6-15(26(23)24)11-17(18)22-20/h2-11H,1H3,(H,23,24)/p-1. The van der Waals surface area contributed by atoms with Gasteiger partial charge in [-0.1, -0.05) is 35.5 Å². The Morgan fingerprint density at radius 1 is 1.04 bits per heavy atom. The summed E-state index contributed by atoms with van der Waals surface area (Å²) in [5, 5.41) is 0. The molecule has 26 heavy (non-hydrogen) atoms. The van der Waals surface area contributed by atoms with E-state index in [1.807, 2.05) is 31.2 Å². The minimum absolute atomic E-state index is 0.175. The van der Waals surface area contributed by atoms with Crippen molar-refractivity contribution in [1.29, 1.82) is 0 Å². The Morgan fingerprint density at radius 3 is 2.65 bits per heavy atom. The van der Waals surface area contributed by atoms with Crippen molar-refractivity contribution in [2.75, 3.05) is 0 Å². The number of hydrogen-bond acceptors (Lipinski definition) is 4. The molecule has 1 unspecified atom stereocenters. The molecule has 1 aliphatic rings. The van der Waals surface area contributed by atoms with Crippen molar-refractivity contribution in [3.05, 3.63) is 83.2 Å². The molecule has 0 aromatic heterocycles. The van der Waals surface area contributed by atoms with Crippen LogP contribution in [-0.4, -0.2) is 14.5 Å². The second kappa shape index (κ2) is 6.79. The van der Waals surface area contributed by atoms with Gasteiger partial charge >= 0.3 is 0 Å². The van der Waals surface area contributed by atoms with Crippen molar-refractivity contribution in [3.63, 3.8) is 0 Å². The lowest BCUT2D eigenvalue weighted by Crippen LogP contribution is -2.04. The number of aryl methyl sites for hydroxylation is 1. The molecule has 0 N–H and O–H groups in total. The minimum atomic E-state index is -2.33. The molecule has 1 heterocycles. The molecule has 1 aliphatic heterocycles. The lowest BCUT2D eigenvalue weighted by Gasteiger charge is -2.10. The van der Waals surface area contributed by atoms with Crippen LogP contribution in [0.5, 0.6) is 0 Å². The van der Waals surface area contributed by atoms with E-state index >= 15 is 0 Å².